The third kappa shape index (κ3) is 5.57. The number of amides is 1. The van der Waals surface area contributed by atoms with Gasteiger partial charge in [-0.3, -0.25) is 4.79 Å². The molecule has 0 atom stereocenters. The fourth-order valence-corrected chi connectivity index (χ4v) is 0.924. The lowest BCUT2D eigenvalue weighted by Crippen LogP contribution is -2.47. The zero-order valence-corrected chi connectivity index (χ0v) is 8.40. The minimum absolute atomic E-state index is 0.0673. The van der Waals surface area contributed by atoms with Crippen LogP contribution in [0.1, 0.15) is 0 Å². The van der Waals surface area contributed by atoms with Crippen molar-refractivity contribution >= 4 is 5.91 Å². The summed E-state index contributed by atoms with van der Waals surface area (Å²) in [6, 6.07) is 0. The normalized spacial score (nSPS) is 13.4. The molecule has 0 rings (SSSR count). The molecular formula is C8H10F6N2O. The third-order valence-corrected chi connectivity index (χ3v) is 1.61. The first-order valence-corrected chi connectivity index (χ1v) is 4.37. The minimum Gasteiger partial charge on any atom is -0.352 e. The maximum atomic E-state index is 12.0. The van der Waals surface area contributed by atoms with E-state index in [2.05, 4.69) is 0 Å². The summed E-state index contributed by atoms with van der Waals surface area (Å²) in [5, 5.41) is 1.51. The van der Waals surface area contributed by atoms with Crippen molar-refractivity contribution < 1.29 is 31.1 Å². The van der Waals surface area contributed by atoms with Crippen molar-refractivity contribution in [1.29, 1.82) is 0 Å². The summed E-state index contributed by atoms with van der Waals surface area (Å²) in [6.45, 7) is -0.378. The number of nitrogens with two attached hydrogens (primary N) is 1. The second-order valence-corrected chi connectivity index (χ2v) is 2.97. The lowest BCUT2D eigenvalue weighted by atomic mass is 10.1. The van der Waals surface area contributed by atoms with Gasteiger partial charge in [-0.2, -0.15) is 26.3 Å². The Kier molecular flexibility index (Phi) is 5.46. The van der Waals surface area contributed by atoms with Crippen LogP contribution in [0.25, 0.3) is 0 Å². The first kappa shape index (κ1) is 15.8. The number of alkyl halides is 6. The molecule has 0 saturated heterocycles. The highest BCUT2D eigenvalue weighted by Gasteiger charge is 2.60. The summed E-state index contributed by atoms with van der Waals surface area (Å²) in [5.74, 6) is -6.15. The fourth-order valence-electron chi connectivity index (χ4n) is 0.924. The molecule has 9 heteroatoms. The van der Waals surface area contributed by atoms with E-state index in [1.165, 1.54) is 11.4 Å². The van der Waals surface area contributed by atoms with E-state index in [0.717, 1.165) is 6.08 Å². The molecule has 0 saturated carbocycles. The van der Waals surface area contributed by atoms with E-state index in [1.54, 1.807) is 0 Å². The van der Waals surface area contributed by atoms with Crippen molar-refractivity contribution in [3.05, 3.63) is 12.2 Å². The SMILES string of the molecule is NC/C=C/CNC(=O)C(C(F)(F)F)C(F)(F)F. The first-order chi connectivity index (χ1) is 7.60. The highest BCUT2D eigenvalue weighted by atomic mass is 19.4. The van der Waals surface area contributed by atoms with E-state index in [0.29, 0.717) is 0 Å². The predicted molar refractivity (Wildman–Crippen MR) is 46.8 cm³/mol. The Balaban J connectivity index is 4.63. The molecule has 100 valence electrons. The van der Waals surface area contributed by atoms with Gasteiger partial charge in [0.05, 0.1) is 0 Å². The van der Waals surface area contributed by atoms with Crippen molar-refractivity contribution in [3.63, 3.8) is 0 Å². The smallest absolute Gasteiger partial charge is 0.352 e. The van der Waals surface area contributed by atoms with E-state index in [4.69, 9.17) is 5.73 Å². The van der Waals surface area contributed by atoms with Crippen LogP contribution < -0.4 is 11.1 Å². The molecule has 0 bridgehead atoms. The summed E-state index contributed by atoms with van der Waals surface area (Å²) in [6.07, 6.45) is -8.89. The van der Waals surface area contributed by atoms with Gasteiger partial charge in [-0.05, 0) is 0 Å². The van der Waals surface area contributed by atoms with Gasteiger partial charge >= 0.3 is 12.4 Å². The summed E-state index contributed by atoms with van der Waals surface area (Å²) in [5.41, 5.74) is 4.98. The molecule has 0 unspecified atom stereocenters. The molecule has 0 aromatic rings. The lowest BCUT2D eigenvalue weighted by Gasteiger charge is -2.21. The number of rotatable bonds is 4. The Morgan fingerprint density at radius 1 is 1.12 bits per heavy atom. The molecule has 17 heavy (non-hydrogen) atoms. The average Bonchev–Trinajstić information content (AvgIpc) is 2.07. The Labute approximate surface area is 92.6 Å². The lowest BCUT2D eigenvalue weighted by molar-refractivity contribution is -0.274. The van der Waals surface area contributed by atoms with Crippen molar-refractivity contribution in [2.75, 3.05) is 13.1 Å². The Morgan fingerprint density at radius 3 is 1.94 bits per heavy atom. The fraction of sp³-hybridized carbons (Fsp3) is 0.625. The van der Waals surface area contributed by atoms with Crippen molar-refractivity contribution in [1.82, 2.24) is 5.32 Å². The quantitative estimate of drug-likeness (QED) is 0.595. The third-order valence-electron chi connectivity index (χ3n) is 1.61. The number of nitrogens with one attached hydrogen (secondary N) is 1. The topological polar surface area (TPSA) is 55.1 Å². The standard InChI is InChI=1S/C8H10F6N2O/c9-7(10,11)5(8(12,13)14)6(17)16-4-2-1-3-15/h1-2,5H,3-4,15H2,(H,16,17)/b2-1+. The molecule has 0 heterocycles. The Morgan fingerprint density at radius 2 is 1.59 bits per heavy atom. The van der Waals surface area contributed by atoms with Gasteiger partial charge in [0.1, 0.15) is 0 Å². The molecule has 0 aliphatic carbocycles. The number of halogens is 6. The molecule has 0 aliphatic heterocycles. The van der Waals surface area contributed by atoms with Crippen LogP contribution >= 0.6 is 0 Å². The molecule has 0 aromatic carbocycles. The van der Waals surface area contributed by atoms with Crippen molar-refractivity contribution in [2.24, 2.45) is 11.7 Å². The van der Waals surface area contributed by atoms with Crippen LogP contribution in [0.4, 0.5) is 26.3 Å². The molecule has 0 aliphatic rings. The van der Waals surface area contributed by atoms with Gasteiger partial charge < -0.3 is 11.1 Å². The van der Waals surface area contributed by atoms with E-state index in [9.17, 15) is 31.1 Å². The average molecular weight is 264 g/mol. The van der Waals surface area contributed by atoms with Crippen LogP contribution in [-0.2, 0) is 4.79 Å². The molecule has 3 N–H and O–H groups in total. The summed E-state index contributed by atoms with van der Waals surface area (Å²) < 4.78 is 72.1. The Hall–Kier alpha value is -1.25. The number of carbonyl (C=O) groups excluding carboxylic acids is 1. The predicted octanol–water partition coefficient (Wildman–Crippen LogP) is 1.36. The monoisotopic (exact) mass is 264 g/mol. The minimum atomic E-state index is -5.67. The van der Waals surface area contributed by atoms with Gasteiger partial charge in [0.15, 0.2) is 0 Å². The zero-order chi connectivity index (χ0) is 13.7. The second kappa shape index (κ2) is 5.89. The highest BCUT2D eigenvalue weighted by molar-refractivity contribution is 5.80. The van der Waals surface area contributed by atoms with E-state index in [-0.39, 0.29) is 6.54 Å². The van der Waals surface area contributed by atoms with Crippen LogP contribution in [0.5, 0.6) is 0 Å². The van der Waals surface area contributed by atoms with Gasteiger partial charge in [0, 0.05) is 13.1 Å². The summed E-state index contributed by atoms with van der Waals surface area (Å²) in [4.78, 5) is 10.8. The summed E-state index contributed by atoms with van der Waals surface area (Å²) in [7, 11) is 0. The van der Waals surface area contributed by atoms with E-state index in [1.807, 2.05) is 0 Å². The zero-order valence-electron chi connectivity index (χ0n) is 8.40. The van der Waals surface area contributed by atoms with Gasteiger partial charge in [-0.15, -0.1) is 0 Å². The van der Waals surface area contributed by atoms with Crippen LogP contribution in [0.2, 0.25) is 0 Å². The molecule has 0 fully saturated rings. The number of carbonyl (C=O) groups is 1. The molecular weight excluding hydrogens is 254 g/mol. The van der Waals surface area contributed by atoms with Gasteiger partial charge in [-0.25, -0.2) is 0 Å². The number of hydrogen-bond acceptors (Lipinski definition) is 2. The van der Waals surface area contributed by atoms with E-state index < -0.39 is 30.7 Å². The van der Waals surface area contributed by atoms with E-state index >= 15 is 0 Å². The molecule has 3 nitrogen and oxygen atoms in total. The summed E-state index contributed by atoms with van der Waals surface area (Å²) >= 11 is 0. The van der Waals surface area contributed by atoms with Gasteiger partial charge in [0.25, 0.3) is 0 Å². The highest BCUT2D eigenvalue weighted by Crippen LogP contribution is 2.39. The molecule has 0 radical (unpaired) electrons. The van der Waals surface area contributed by atoms with Crippen LogP contribution in [0.15, 0.2) is 12.2 Å². The number of hydrogen-bond donors (Lipinski definition) is 2. The Bertz CT molecular complexity index is 269. The first-order valence-electron chi connectivity index (χ1n) is 4.37. The molecule has 0 spiro atoms. The maximum Gasteiger partial charge on any atom is 0.409 e. The van der Waals surface area contributed by atoms with Gasteiger partial charge in [-0.1, -0.05) is 12.2 Å². The van der Waals surface area contributed by atoms with Crippen molar-refractivity contribution in [3.8, 4) is 0 Å². The maximum absolute atomic E-state index is 12.0. The second-order valence-electron chi connectivity index (χ2n) is 2.97. The molecule has 1 amide bonds. The van der Waals surface area contributed by atoms with Crippen molar-refractivity contribution in [2.45, 2.75) is 12.4 Å². The van der Waals surface area contributed by atoms with Crippen LogP contribution in [0, 0.1) is 5.92 Å². The molecule has 0 aromatic heterocycles. The largest absolute Gasteiger partial charge is 0.409 e. The van der Waals surface area contributed by atoms with Crippen LogP contribution in [-0.4, -0.2) is 31.3 Å². The van der Waals surface area contributed by atoms with Gasteiger partial charge in [0.2, 0.25) is 11.8 Å². The van der Waals surface area contributed by atoms with Crippen LogP contribution in [0.3, 0.4) is 0 Å².